The Morgan fingerprint density at radius 1 is 0.955 bits per heavy atom. The van der Waals surface area contributed by atoms with Gasteiger partial charge in [-0.05, 0) is 30.5 Å². The minimum absolute atomic E-state index is 0.0306. The second-order valence-corrected chi connectivity index (χ2v) is 5.61. The zero-order valence-electron chi connectivity index (χ0n) is 11.6. The predicted octanol–water partition coefficient (Wildman–Crippen LogP) is 3.16. The first kappa shape index (κ1) is 14.8. The number of alkyl halides is 3. The van der Waals surface area contributed by atoms with Gasteiger partial charge in [0.25, 0.3) is 0 Å². The summed E-state index contributed by atoms with van der Waals surface area (Å²) < 4.78 is 37.6. The van der Waals surface area contributed by atoms with Gasteiger partial charge in [-0.3, -0.25) is 14.5 Å². The van der Waals surface area contributed by atoms with Crippen LogP contribution in [0.5, 0.6) is 0 Å². The van der Waals surface area contributed by atoms with E-state index in [4.69, 9.17) is 0 Å². The monoisotopic (exact) mass is 309 g/mol. The number of carbonyl (C=O) groups excluding carboxylic acids is 2. The molecular weight excluding hydrogens is 295 g/mol. The quantitative estimate of drug-likeness (QED) is 0.621. The molecule has 0 spiro atoms. The molecule has 2 atom stereocenters. The van der Waals surface area contributed by atoms with Crippen molar-refractivity contribution in [2.45, 2.75) is 25.6 Å². The third kappa shape index (κ3) is 2.53. The molecule has 1 aromatic carbocycles. The Morgan fingerprint density at radius 3 is 1.91 bits per heavy atom. The van der Waals surface area contributed by atoms with Crippen molar-refractivity contribution in [1.82, 2.24) is 4.90 Å². The summed E-state index contributed by atoms with van der Waals surface area (Å²) in [6.45, 7) is 0.0306. The maximum Gasteiger partial charge on any atom is 0.416 e. The van der Waals surface area contributed by atoms with E-state index in [1.165, 1.54) is 17.0 Å². The Kier molecular flexibility index (Phi) is 3.54. The number of rotatable bonds is 2. The Bertz CT molecular complexity index is 608. The van der Waals surface area contributed by atoms with Crippen LogP contribution in [0.15, 0.2) is 36.4 Å². The lowest BCUT2D eigenvalue weighted by Crippen LogP contribution is -2.30. The highest BCUT2D eigenvalue weighted by Crippen LogP contribution is 2.36. The average molecular weight is 309 g/mol. The number of imide groups is 1. The number of allylic oxidation sites excluding steroid dienone is 2. The van der Waals surface area contributed by atoms with Crippen LogP contribution in [0.1, 0.15) is 24.0 Å². The molecule has 1 aliphatic heterocycles. The first-order valence-electron chi connectivity index (χ1n) is 7.04. The highest BCUT2D eigenvalue weighted by atomic mass is 19.4. The lowest BCUT2D eigenvalue weighted by Gasteiger charge is -2.15. The summed E-state index contributed by atoms with van der Waals surface area (Å²) in [5, 5.41) is 0. The Morgan fingerprint density at radius 2 is 1.45 bits per heavy atom. The topological polar surface area (TPSA) is 37.4 Å². The molecule has 0 N–H and O–H groups in total. The third-order valence-electron chi connectivity index (χ3n) is 4.22. The lowest BCUT2D eigenvalue weighted by atomic mass is 9.85. The van der Waals surface area contributed by atoms with Crippen LogP contribution in [0.4, 0.5) is 13.2 Å². The number of fused-ring (bicyclic) bond motifs is 1. The molecule has 3 rings (SSSR count). The molecule has 1 fully saturated rings. The number of halogens is 3. The van der Waals surface area contributed by atoms with E-state index in [9.17, 15) is 22.8 Å². The number of benzene rings is 1. The summed E-state index contributed by atoms with van der Waals surface area (Å²) in [5.41, 5.74) is -0.227. The Hall–Kier alpha value is -2.11. The number of amides is 2. The van der Waals surface area contributed by atoms with Crippen LogP contribution >= 0.6 is 0 Å². The van der Waals surface area contributed by atoms with Crippen molar-refractivity contribution in [3.8, 4) is 0 Å². The number of likely N-dealkylation sites (tertiary alicyclic amines) is 1. The van der Waals surface area contributed by atoms with Crippen LogP contribution in [0, 0.1) is 11.8 Å². The summed E-state index contributed by atoms with van der Waals surface area (Å²) in [6, 6.07) is 4.55. The van der Waals surface area contributed by atoms with E-state index in [0.29, 0.717) is 18.4 Å². The molecule has 1 heterocycles. The normalized spacial score (nSPS) is 24.8. The van der Waals surface area contributed by atoms with Crippen molar-refractivity contribution in [3.05, 3.63) is 47.5 Å². The van der Waals surface area contributed by atoms with E-state index >= 15 is 0 Å². The van der Waals surface area contributed by atoms with E-state index in [0.717, 1.165) is 12.1 Å². The minimum Gasteiger partial charge on any atom is -0.278 e. The van der Waals surface area contributed by atoms with Gasteiger partial charge in [0.15, 0.2) is 0 Å². The summed E-state index contributed by atoms with van der Waals surface area (Å²) in [5.74, 6) is -1.07. The van der Waals surface area contributed by atoms with Gasteiger partial charge in [-0.15, -0.1) is 0 Å². The van der Waals surface area contributed by atoms with Crippen LogP contribution in [-0.2, 0) is 22.3 Å². The van der Waals surface area contributed by atoms with Gasteiger partial charge < -0.3 is 0 Å². The highest BCUT2D eigenvalue weighted by Gasteiger charge is 2.46. The summed E-state index contributed by atoms with van der Waals surface area (Å²) in [7, 11) is 0. The molecule has 0 aromatic heterocycles. The molecule has 1 aromatic rings. The van der Waals surface area contributed by atoms with Crippen molar-refractivity contribution in [2.75, 3.05) is 0 Å². The van der Waals surface area contributed by atoms with Crippen LogP contribution in [0.2, 0.25) is 0 Å². The smallest absolute Gasteiger partial charge is 0.278 e. The molecular formula is C16H14F3NO2. The molecule has 116 valence electrons. The van der Waals surface area contributed by atoms with E-state index in [1.54, 1.807) is 0 Å². The predicted molar refractivity (Wildman–Crippen MR) is 72.4 cm³/mol. The first-order chi connectivity index (χ1) is 10.4. The number of carbonyl (C=O) groups is 2. The summed E-state index contributed by atoms with van der Waals surface area (Å²) in [6.07, 6.45) is 0.512. The van der Waals surface area contributed by atoms with E-state index in [1.807, 2.05) is 12.2 Å². The first-order valence-corrected chi connectivity index (χ1v) is 7.04. The van der Waals surface area contributed by atoms with Crippen LogP contribution < -0.4 is 0 Å². The van der Waals surface area contributed by atoms with Gasteiger partial charge in [0.05, 0.1) is 23.9 Å². The fraction of sp³-hybridized carbons (Fsp3) is 0.375. The molecule has 22 heavy (non-hydrogen) atoms. The van der Waals surface area contributed by atoms with Crippen molar-refractivity contribution < 1.29 is 22.8 Å². The van der Waals surface area contributed by atoms with Gasteiger partial charge in [-0.25, -0.2) is 0 Å². The largest absolute Gasteiger partial charge is 0.416 e. The minimum atomic E-state index is -4.39. The van der Waals surface area contributed by atoms with Crippen molar-refractivity contribution in [3.63, 3.8) is 0 Å². The SMILES string of the molecule is O=C1[C@@H]2CC=CC[C@H]2C(=O)N1Cc1ccc(C(F)(F)F)cc1. The molecule has 1 aliphatic carbocycles. The zero-order chi connectivity index (χ0) is 15.9. The molecule has 0 radical (unpaired) electrons. The van der Waals surface area contributed by atoms with Gasteiger partial charge in [-0.2, -0.15) is 13.2 Å². The number of nitrogens with zero attached hydrogens (tertiary/aromatic N) is 1. The van der Waals surface area contributed by atoms with Gasteiger partial charge in [0.1, 0.15) is 0 Å². The lowest BCUT2D eigenvalue weighted by molar-refractivity contribution is -0.141. The third-order valence-corrected chi connectivity index (χ3v) is 4.22. The number of hydrogen-bond donors (Lipinski definition) is 0. The molecule has 0 unspecified atom stereocenters. The van der Waals surface area contributed by atoms with Gasteiger partial charge >= 0.3 is 6.18 Å². The van der Waals surface area contributed by atoms with Crippen molar-refractivity contribution in [2.24, 2.45) is 11.8 Å². The second kappa shape index (κ2) is 5.26. The molecule has 0 bridgehead atoms. The van der Waals surface area contributed by atoms with E-state index in [-0.39, 0.29) is 30.2 Å². The van der Waals surface area contributed by atoms with Gasteiger partial charge in [-0.1, -0.05) is 24.3 Å². The Balaban J connectivity index is 1.76. The molecule has 2 amide bonds. The summed E-state index contributed by atoms with van der Waals surface area (Å²) >= 11 is 0. The zero-order valence-corrected chi connectivity index (χ0v) is 11.6. The standard InChI is InChI=1S/C16H14F3NO2/c17-16(18,19)11-7-5-10(6-8-11)9-20-14(21)12-3-1-2-4-13(12)15(20)22/h1-2,5-8,12-13H,3-4,9H2/t12-,13-/m1/s1. The van der Waals surface area contributed by atoms with Crippen LogP contribution in [0.25, 0.3) is 0 Å². The number of hydrogen-bond acceptors (Lipinski definition) is 2. The fourth-order valence-electron chi connectivity index (χ4n) is 3.01. The summed E-state index contributed by atoms with van der Waals surface area (Å²) in [4.78, 5) is 25.7. The van der Waals surface area contributed by atoms with Gasteiger partial charge in [0.2, 0.25) is 11.8 Å². The van der Waals surface area contributed by atoms with Crippen molar-refractivity contribution >= 4 is 11.8 Å². The second-order valence-electron chi connectivity index (χ2n) is 5.61. The average Bonchev–Trinajstić information content (AvgIpc) is 2.73. The van der Waals surface area contributed by atoms with E-state index < -0.39 is 11.7 Å². The maximum atomic E-state index is 12.5. The molecule has 1 saturated heterocycles. The van der Waals surface area contributed by atoms with Crippen molar-refractivity contribution in [1.29, 1.82) is 0 Å². The maximum absolute atomic E-state index is 12.5. The molecule has 0 saturated carbocycles. The Labute approximate surface area is 125 Å². The fourth-order valence-corrected chi connectivity index (χ4v) is 3.01. The van der Waals surface area contributed by atoms with Gasteiger partial charge in [0, 0.05) is 0 Å². The highest BCUT2D eigenvalue weighted by molar-refractivity contribution is 6.05. The van der Waals surface area contributed by atoms with Crippen LogP contribution in [0.3, 0.4) is 0 Å². The van der Waals surface area contributed by atoms with Crippen LogP contribution in [-0.4, -0.2) is 16.7 Å². The molecule has 6 heteroatoms. The molecule has 2 aliphatic rings. The van der Waals surface area contributed by atoms with E-state index in [2.05, 4.69) is 0 Å². The molecule has 3 nitrogen and oxygen atoms in total.